The van der Waals surface area contributed by atoms with E-state index >= 15 is 0 Å². The second kappa shape index (κ2) is 4.82. The van der Waals surface area contributed by atoms with Crippen molar-refractivity contribution in [2.75, 3.05) is 0 Å². The van der Waals surface area contributed by atoms with Crippen LogP contribution in [0.15, 0.2) is 6.07 Å². The van der Waals surface area contributed by atoms with E-state index in [1.807, 2.05) is 24.7 Å². The fourth-order valence-corrected chi connectivity index (χ4v) is 6.82. The quantitative estimate of drug-likeness (QED) is 0.916. The van der Waals surface area contributed by atoms with Crippen LogP contribution in [0.2, 0.25) is 0 Å². The van der Waals surface area contributed by atoms with Crippen molar-refractivity contribution in [3.05, 3.63) is 16.6 Å². The van der Waals surface area contributed by atoms with E-state index in [4.69, 9.17) is 0 Å². The molecule has 0 aliphatic heterocycles. The van der Waals surface area contributed by atoms with Crippen molar-refractivity contribution in [1.29, 1.82) is 0 Å². The maximum Gasteiger partial charge on any atom is 0.261 e. The summed E-state index contributed by atoms with van der Waals surface area (Å²) >= 11 is 1.56. The Kier molecular flexibility index (Phi) is 2.94. The molecule has 5 atom stereocenters. The van der Waals surface area contributed by atoms with E-state index in [0.29, 0.717) is 6.04 Å². The molecule has 2 heterocycles. The van der Waals surface area contributed by atoms with Crippen molar-refractivity contribution >= 4 is 27.5 Å². The average Bonchev–Trinajstić information content (AvgIpc) is 3.27. The van der Waals surface area contributed by atoms with Gasteiger partial charge in [-0.05, 0) is 62.3 Å². The zero-order valence-corrected chi connectivity index (χ0v) is 14.5. The highest BCUT2D eigenvalue weighted by molar-refractivity contribution is 7.20. The Bertz CT molecular complexity index is 757. The highest BCUT2D eigenvalue weighted by Gasteiger charge is 2.54. The number of aromatic nitrogens is 2. The van der Waals surface area contributed by atoms with Crippen LogP contribution >= 0.6 is 11.3 Å². The van der Waals surface area contributed by atoms with Gasteiger partial charge >= 0.3 is 0 Å². The third-order valence-electron chi connectivity index (χ3n) is 6.67. The van der Waals surface area contributed by atoms with Gasteiger partial charge in [-0.25, -0.2) is 0 Å². The largest absolute Gasteiger partial charge is 0.348 e. The molecule has 5 rings (SSSR count). The summed E-state index contributed by atoms with van der Waals surface area (Å²) in [4.78, 5) is 14.7. The Morgan fingerprint density at radius 3 is 2.96 bits per heavy atom. The van der Waals surface area contributed by atoms with Gasteiger partial charge in [0.1, 0.15) is 4.83 Å². The molecule has 2 aromatic heterocycles. The second-order valence-electron chi connectivity index (χ2n) is 7.77. The van der Waals surface area contributed by atoms with Crippen LogP contribution in [0.5, 0.6) is 0 Å². The number of rotatable bonds is 2. The van der Waals surface area contributed by atoms with E-state index in [0.717, 1.165) is 44.5 Å². The number of fused-ring (bicyclic) bond motifs is 6. The van der Waals surface area contributed by atoms with Gasteiger partial charge in [0.25, 0.3) is 5.91 Å². The molecule has 3 aliphatic rings. The molecule has 2 aromatic rings. The smallest absolute Gasteiger partial charge is 0.261 e. The van der Waals surface area contributed by atoms with Crippen molar-refractivity contribution in [2.24, 2.45) is 30.7 Å². The fraction of sp³-hybridized carbons (Fsp3) is 0.667. The van der Waals surface area contributed by atoms with Crippen molar-refractivity contribution < 1.29 is 4.79 Å². The summed E-state index contributed by atoms with van der Waals surface area (Å²) < 4.78 is 1.88. The molecule has 0 spiro atoms. The Hall–Kier alpha value is -1.36. The predicted molar refractivity (Wildman–Crippen MR) is 91.6 cm³/mol. The fourth-order valence-electron chi connectivity index (χ4n) is 5.79. The number of carbonyl (C=O) groups is 1. The van der Waals surface area contributed by atoms with Gasteiger partial charge in [-0.3, -0.25) is 9.48 Å². The van der Waals surface area contributed by atoms with Gasteiger partial charge in [-0.15, -0.1) is 11.3 Å². The van der Waals surface area contributed by atoms with Crippen molar-refractivity contribution in [1.82, 2.24) is 15.1 Å². The van der Waals surface area contributed by atoms with E-state index in [2.05, 4.69) is 10.4 Å². The van der Waals surface area contributed by atoms with Gasteiger partial charge in [0, 0.05) is 18.5 Å². The van der Waals surface area contributed by atoms with E-state index < -0.39 is 0 Å². The molecule has 0 radical (unpaired) electrons. The maximum atomic E-state index is 12.7. The number of amides is 1. The molecule has 0 aromatic carbocycles. The second-order valence-corrected chi connectivity index (χ2v) is 8.80. The summed E-state index contributed by atoms with van der Waals surface area (Å²) in [7, 11) is 1.95. The summed E-state index contributed by atoms with van der Waals surface area (Å²) in [5.74, 6) is 3.62. The first kappa shape index (κ1) is 14.0. The normalized spacial score (nSPS) is 35.1. The third-order valence-corrected chi connectivity index (χ3v) is 7.87. The van der Waals surface area contributed by atoms with Crippen LogP contribution in [0.3, 0.4) is 0 Å². The minimum Gasteiger partial charge on any atom is -0.348 e. The van der Waals surface area contributed by atoms with Gasteiger partial charge in [0.15, 0.2) is 0 Å². The van der Waals surface area contributed by atoms with E-state index in [-0.39, 0.29) is 5.91 Å². The molecular formula is C18H23N3OS. The van der Waals surface area contributed by atoms with E-state index in [1.54, 1.807) is 11.3 Å². The average molecular weight is 329 g/mol. The topological polar surface area (TPSA) is 46.9 Å². The van der Waals surface area contributed by atoms with E-state index in [1.165, 1.54) is 32.1 Å². The number of nitrogens with one attached hydrogen (secondary N) is 1. The van der Waals surface area contributed by atoms with Crippen LogP contribution in [0.1, 0.15) is 47.5 Å². The summed E-state index contributed by atoms with van der Waals surface area (Å²) in [6.07, 6.45) is 6.81. The monoisotopic (exact) mass is 329 g/mol. The molecule has 5 heteroatoms. The molecule has 122 valence electrons. The minimum atomic E-state index is 0.123. The lowest BCUT2D eigenvalue weighted by atomic mass is 9.79. The molecule has 23 heavy (non-hydrogen) atoms. The van der Waals surface area contributed by atoms with Crippen LogP contribution in [-0.4, -0.2) is 21.7 Å². The lowest BCUT2D eigenvalue weighted by Crippen LogP contribution is -2.42. The summed E-state index contributed by atoms with van der Waals surface area (Å²) in [5.41, 5.74) is 1.01. The zero-order valence-electron chi connectivity index (χ0n) is 13.7. The maximum absolute atomic E-state index is 12.7. The van der Waals surface area contributed by atoms with Crippen LogP contribution in [-0.2, 0) is 7.05 Å². The summed E-state index contributed by atoms with van der Waals surface area (Å²) in [6, 6.07) is 2.43. The Morgan fingerprint density at radius 2 is 2.13 bits per heavy atom. The standard InChI is InChI=1S/C18H23N3OS/c1-9-13-8-16(23-18(13)21(2)20-9)17(22)19-15-7-10-6-14(15)12-5-3-4-11(10)12/h8,10-12,14-15H,3-7H2,1-2H3,(H,19,22). The molecule has 1 amide bonds. The lowest BCUT2D eigenvalue weighted by Gasteiger charge is -2.31. The Labute approximate surface area is 140 Å². The Balaban J connectivity index is 1.36. The number of hydrogen-bond donors (Lipinski definition) is 1. The van der Waals surface area contributed by atoms with Crippen molar-refractivity contribution in [2.45, 2.75) is 45.1 Å². The zero-order chi connectivity index (χ0) is 15.7. The molecule has 2 bridgehead atoms. The number of aryl methyl sites for hydroxylation is 2. The Morgan fingerprint density at radius 1 is 1.30 bits per heavy atom. The summed E-state index contributed by atoms with van der Waals surface area (Å²) in [5, 5.41) is 8.90. The van der Waals surface area contributed by atoms with Crippen LogP contribution in [0.25, 0.3) is 10.2 Å². The SMILES string of the molecule is Cc1nn(C)c2sc(C(=O)NC3CC4CC3C3CCCC43)cc12. The molecular weight excluding hydrogens is 306 g/mol. The first-order chi connectivity index (χ1) is 11.1. The van der Waals surface area contributed by atoms with Crippen molar-refractivity contribution in [3.63, 3.8) is 0 Å². The first-order valence-electron chi connectivity index (χ1n) is 8.86. The van der Waals surface area contributed by atoms with Crippen LogP contribution in [0, 0.1) is 30.6 Å². The van der Waals surface area contributed by atoms with Gasteiger partial charge in [-0.1, -0.05) is 6.42 Å². The third kappa shape index (κ3) is 1.95. The number of thiophene rings is 1. The lowest BCUT2D eigenvalue weighted by molar-refractivity contribution is 0.0905. The van der Waals surface area contributed by atoms with E-state index in [9.17, 15) is 4.79 Å². The summed E-state index contributed by atoms with van der Waals surface area (Å²) in [6.45, 7) is 2.01. The molecule has 1 N–H and O–H groups in total. The molecule has 4 nitrogen and oxygen atoms in total. The number of hydrogen-bond acceptors (Lipinski definition) is 3. The van der Waals surface area contributed by atoms with Crippen LogP contribution in [0.4, 0.5) is 0 Å². The molecule has 0 saturated heterocycles. The first-order valence-corrected chi connectivity index (χ1v) is 9.67. The molecule has 5 unspecified atom stereocenters. The highest BCUT2D eigenvalue weighted by atomic mass is 32.1. The number of nitrogens with zero attached hydrogens (tertiary/aromatic N) is 2. The van der Waals surface area contributed by atoms with Gasteiger partial charge in [-0.2, -0.15) is 5.10 Å². The van der Waals surface area contributed by atoms with Gasteiger partial charge in [0.05, 0.1) is 10.6 Å². The van der Waals surface area contributed by atoms with Gasteiger partial charge < -0.3 is 5.32 Å². The number of carbonyl (C=O) groups excluding carboxylic acids is 1. The molecule has 3 fully saturated rings. The molecule has 3 saturated carbocycles. The predicted octanol–water partition coefficient (Wildman–Crippen LogP) is 3.50. The van der Waals surface area contributed by atoms with Crippen LogP contribution < -0.4 is 5.32 Å². The van der Waals surface area contributed by atoms with Gasteiger partial charge in [0.2, 0.25) is 0 Å². The molecule has 3 aliphatic carbocycles. The minimum absolute atomic E-state index is 0.123. The highest BCUT2D eigenvalue weighted by Crippen LogP contribution is 2.58. The van der Waals surface area contributed by atoms with Crippen molar-refractivity contribution in [3.8, 4) is 0 Å².